The zero-order valence-corrected chi connectivity index (χ0v) is 15.5. The number of likely N-dealkylation sites (N-methyl/N-ethyl adjacent to an activating group) is 1. The minimum Gasteiger partial charge on any atom is -0.381 e. The Balaban J connectivity index is 2.71. The molecule has 0 amide bonds. The van der Waals surface area contributed by atoms with Crippen LogP contribution in [-0.4, -0.2) is 35.6 Å². The summed E-state index contributed by atoms with van der Waals surface area (Å²) in [5, 5.41) is 8.25. The van der Waals surface area contributed by atoms with Crippen LogP contribution in [0, 0.1) is 0 Å². The molecule has 0 aliphatic carbocycles. The summed E-state index contributed by atoms with van der Waals surface area (Å²) in [5.41, 5.74) is 2.46. The summed E-state index contributed by atoms with van der Waals surface area (Å²) in [6.45, 7) is 12.2. The summed E-state index contributed by atoms with van der Waals surface area (Å²) in [6, 6.07) is 0.440. The lowest BCUT2D eigenvalue weighted by atomic mass is 10.1. The van der Waals surface area contributed by atoms with E-state index in [1.54, 1.807) is 0 Å². The van der Waals surface area contributed by atoms with Gasteiger partial charge in [-0.3, -0.25) is 4.68 Å². The van der Waals surface area contributed by atoms with Crippen molar-refractivity contribution in [2.45, 2.75) is 66.0 Å². The molecule has 1 aromatic heterocycles. The van der Waals surface area contributed by atoms with Crippen molar-refractivity contribution in [1.29, 1.82) is 0 Å². The van der Waals surface area contributed by atoms with E-state index in [9.17, 15) is 0 Å². The largest absolute Gasteiger partial charge is 0.381 e. The van der Waals surface area contributed by atoms with Gasteiger partial charge in [-0.05, 0) is 48.7 Å². The topological polar surface area (TPSA) is 39.1 Å². The molecule has 5 heteroatoms. The van der Waals surface area contributed by atoms with Crippen LogP contribution in [0.5, 0.6) is 0 Å². The zero-order chi connectivity index (χ0) is 15.7. The first kappa shape index (κ1) is 18.7. The first-order valence-corrected chi connectivity index (χ1v) is 9.02. The van der Waals surface area contributed by atoms with Crippen LogP contribution in [0.25, 0.3) is 0 Å². The number of aromatic nitrogens is 2. The van der Waals surface area contributed by atoms with Gasteiger partial charge in [-0.1, -0.05) is 20.8 Å². The van der Waals surface area contributed by atoms with Gasteiger partial charge in [0.1, 0.15) is 0 Å². The third-order valence-electron chi connectivity index (χ3n) is 3.59. The van der Waals surface area contributed by atoms with Crippen LogP contribution in [0.15, 0.2) is 4.47 Å². The van der Waals surface area contributed by atoms with Gasteiger partial charge in [-0.2, -0.15) is 5.10 Å². The number of aryl methyl sites for hydroxylation is 2. The van der Waals surface area contributed by atoms with Crippen LogP contribution in [0.3, 0.4) is 0 Å². The van der Waals surface area contributed by atoms with Crippen LogP contribution in [0.1, 0.15) is 51.9 Å². The van der Waals surface area contributed by atoms with E-state index in [0.29, 0.717) is 6.04 Å². The number of hydrogen-bond donors (Lipinski definition) is 1. The van der Waals surface area contributed by atoms with Gasteiger partial charge in [0.05, 0.1) is 15.9 Å². The second kappa shape index (κ2) is 10.4. The molecule has 1 heterocycles. The fourth-order valence-corrected chi connectivity index (χ4v) is 3.21. The fraction of sp³-hybridized carbons (Fsp3) is 0.812. The first-order valence-electron chi connectivity index (χ1n) is 8.22. The molecule has 1 unspecified atom stereocenters. The highest BCUT2D eigenvalue weighted by Crippen LogP contribution is 2.24. The van der Waals surface area contributed by atoms with Crippen LogP contribution < -0.4 is 5.32 Å². The van der Waals surface area contributed by atoms with E-state index in [0.717, 1.165) is 57.7 Å². The highest BCUT2D eigenvalue weighted by molar-refractivity contribution is 9.10. The number of ether oxygens (including phenoxy) is 1. The van der Waals surface area contributed by atoms with E-state index in [-0.39, 0.29) is 0 Å². The van der Waals surface area contributed by atoms with Gasteiger partial charge in [0.2, 0.25) is 0 Å². The Kier molecular flexibility index (Phi) is 9.20. The minimum absolute atomic E-state index is 0.440. The molecule has 122 valence electrons. The average molecular weight is 360 g/mol. The molecule has 4 nitrogen and oxygen atoms in total. The van der Waals surface area contributed by atoms with Crippen LogP contribution in [0.2, 0.25) is 0 Å². The smallest absolute Gasteiger partial charge is 0.0766 e. The second-order valence-electron chi connectivity index (χ2n) is 5.24. The van der Waals surface area contributed by atoms with Gasteiger partial charge >= 0.3 is 0 Å². The van der Waals surface area contributed by atoms with Gasteiger partial charge in [0.15, 0.2) is 0 Å². The Morgan fingerprint density at radius 3 is 2.57 bits per heavy atom. The molecule has 0 saturated heterocycles. The summed E-state index contributed by atoms with van der Waals surface area (Å²) < 4.78 is 8.95. The molecule has 21 heavy (non-hydrogen) atoms. The van der Waals surface area contributed by atoms with Crippen molar-refractivity contribution in [2.24, 2.45) is 0 Å². The lowest BCUT2D eigenvalue weighted by molar-refractivity contribution is 0.124. The van der Waals surface area contributed by atoms with Crippen molar-refractivity contribution in [2.75, 3.05) is 19.8 Å². The second-order valence-corrected chi connectivity index (χ2v) is 6.03. The lowest BCUT2D eigenvalue weighted by Crippen LogP contribution is -2.33. The van der Waals surface area contributed by atoms with E-state index < -0.39 is 0 Å². The maximum atomic E-state index is 5.64. The van der Waals surface area contributed by atoms with Crippen molar-refractivity contribution in [3.63, 3.8) is 0 Å². The summed E-state index contributed by atoms with van der Waals surface area (Å²) in [7, 11) is 0. The predicted molar refractivity (Wildman–Crippen MR) is 91.9 cm³/mol. The van der Waals surface area contributed by atoms with Crippen molar-refractivity contribution >= 4 is 15.9 Å². The van der Waals surface area contributed by atoms with Gasteiger partial charge in [-0.15, -0.1) is 0 Å². The van der Waals surface area contributed by atoms with E-state index in [1.165, 1.54) is 10.2 Å². The number of nitrogens with zero attached hydrogens (tertiary/aromatic N) is 2. The molecule has 0 fully saturated rings. The SMILES string of the molecule is CCCOCCC(Cc1c(Br)c(CC)nn1CC)NCC. The summed E-state index contributed by atoms with van der Waals surface area (Å²) in [6.07, 6.45) is 4.08. The van der Waals surface area contributed by atoms with Crippen molar-refractivity contribution < 1.29 is 4.74 Å². The van der Waals surface area contributed by atoms with Crippen molar-refractivity contribution in [3.05, 3.63) is 15.9 Å². The van der Waals surface area contributed by atoms with Crippen molar-refractivity contribution in [3.8, 4) is 0 Å². The Hall–Kier alpha value is -0.390. The van der Waals surface area contributed by atoms with E-state index in [4.69, 9.17) is 4.74 Å². The molecule has 1 atom stereocenters. The lowest BCUT2D eigenvalue weighted by Gasteiger charge is -2.18. The highest BCUT2D eigenvalue weighted by Gasteiger charge is 2.18. The van der Waals surface area contributed by atoms with E-state index in [1.807, 2.05) is 0 Å². The van der Waals surface area contributed by atoms with Gasteiger partial charge in [-0.25, -0.2) is 0 Å². The summed E-state index contributed by atoms with van der Waals surface area (Å²) >= 11 is 3.73. The Morgan fingerprint density at radius 2 is 2.00 bits per heavy atom. The predicted octanol–water partition coefficient (Wildman–Crippen LogP) is 3.57. The molecule has 0 radical (unpaired) electrons. The molecule has 0 saturated carbocycles. The monoisotopic (exact) mass is 359 g/mol. The molecular formula is C16H30BrN3O. The number of nitrogens with one attached hydrogen (secondary N) is 1. The van der Waals surface area contributed by atoms with Crippen LogP contribution in [-0.2, 0) is 24.1 Å². The Bertz CT molecular complexity index is 406. The standard InChI is InChI=1S/C16H30BrN3O/c1-5-10-21-11-9-13(18-7-3)12-15-16(17)14(6-2)19-20(15)8-4/h13,18H,5-12H2,1-4H3. The maximum absolute atomic E-state index is 5.64. The average Bonchev–Trinajstić information content (AvgIpc) is 2.79. The molecule has 0 spiro atoms. The fourth-order valence-electron chi connectivity index (χ4n) is 2.48. The zero-order valence-electron chi connectivity index (χ0n) is 13.9. The van der Waals surface area contributed by atoms with Crippen LogP contribution in [0.4, 0.5) is 0 Å². The van der Waals surface area contributed by atoms with Crippen LogP contribution >= 0.6 is 15.9 Å². The molecule has 0 aliphatic heterocycles. The molecule has 1 N–H and O–H groups in total. The Labute approximate surface area is 137 Å². The molecule has 0 bridgehead atoms. The quantitative estimate of drug-likeness (QED) is 0.614. The van der Waals surface area contributed by atoms with Gasteiger partial charge in [0, 0.05) is 32.2 Å². The van der Waals surface area contributed by atoms with Crippen molar-refractivity contribution in [1.82, 2.24) is 15.1 Å². The van der Waals surface area contributed by atoms with Gasteiger partial charge in [0.25, 0.3) is 0 Å². The third kappa shape index (κ3) is 5.72. The number of hydrogen-bond acceptors (Lipinski definition) is 3. The Morgan fingerprint density at radius 1 is 1.24 bits per heavy atom. The maximum Gasteiger partial charge on any atom is 0.0766 e. The molecular weight excluding hydrogens is 330 g/mol. The highest BCUT2D eigenvalue weighted by atomic mass is 79.9. The molecule has 0 aromatic carbocycles. The first-order chi connectivity index (χ1) is 10.2. The van der Waals surface area contributed by atoms with E-state index >= 15 is 0 Å². The molecule has 1 rings (SSSR count). The normalized spacial score (nSPS) is 12.8. The summed E-state index contributed by atoms with van der Waals surface area (Å²) in [5.74, 6) is 0. The summed E-state index contributed by atoms with van der Waals surface area (Å²) in [4.78, 5) is 0. The molecule has 1 aromatic rings. The number of halogens is 1. The number of rotatable bonds is 11. The van der Waals surface area contributed by atoms with Gasteiger partial charge < -0.3 is 10.1 Å². The van der Waals surface area contributed by atoms with E-state index in [2.05, 4.69) is 58.7 Å². The molecule has 0 aliphatic rings. The minimum atomic E-state index is 0.440. The third-order valence-corrected chi connectivity index (χ3v) is 4.50.